The number of aromatic nitrogens is 2. The minimum absolute atomic E-state index is 0.0597. The molecule has 3 aliphatic heterocycles. The molecular weight excluding hydrogens is 516 g/mol. The molecule has 8 rings (SSSR count). The van der Waals surface area contributed by atoms with Crippen LogP contribution in [-0.2, 0) is 31.3 Å². The maximum Gasteiger partial charge on any atom is 0.411 e. The van der Waals surface area contributed by atoms with Crippen molar-refractivity contribution in [3.8, 4) is 0 Å². The first-order valence-corrected chi connectivity index (χ1v) is 12.9. The average Bonchev–Trinajstić information content (AvgIpc) is 3.65. The van der Waals surface area contributed by atoms with Gasteiger partial charge in [0.2, 0.25) is 5.60 Å². The van der Waals surface area contributed by atoms with E-state index in [2.05, 4.69) is 10.6 Å². The summed E-state index contributed by atoms with van der Waals surface area (Å²) in [5.41, 5.74) is 1.26. The molecule has 0 aliphatic carbocycles. The van der Waals surface area contributed by atoms with Crippen LogP contribution in [0.2, 0.25) is 0 Å². The highest BCUT2D eigenvalue weighted by Gasteiger charge is 2.65. The molecule has 3 unspecified atom stereocenters. The Morgan fingerprint density at radius 1 is 1.07 bits per heavy atom. The standard InChI is InChI=1S/C29H24N4O7/c1-28-29(37,26(35)38-2)11-19(40-28)32-17-7-5-4-6-14(17)21-22-16(12-30-25(22)34)20-15-10-13(31-27(36)39-3)8-9-18(15)33(28)24(20)23(21)32/h4-10,19,37H,11-12H2,1-3H3,(H,30,34)(H,31,36). The number of ether oxygens (including phenoxy) is 3. The van der Waals surface area contributed by atoms with Crippen LogP contribution in [0.25, 0.3) is 43.6 Å². The number of methoxy groups -OCH3 is 2. The van der Waals surface area contributed by atoms with Gasteiger partial charge < -0.3 is 33.8 Å². The van der Waals surface area contributed by atoms with E-state index >= 15 is 0 Å². The fourth-order valence-corrected chi connectivity index (χ4v) is 7.19. The molecule has 2 amide bonds. The predicted octanol–water partition coefficient (Wildman–Crippen LogP) is 3.83. The number of hydrogen-bond donors (Lipinski definition) is 3. The minimum atomic E-state index is -2.03. The lowest BCUT2D eigenvalue weighted by Crippen LogP contribution is -2.56. The number of nitrogens with zero attached hydrogens (tertiary/aromatic N) is 2. The van der Waals surface area contributed by atoms with E-state index in [1.807, 2.05) is 39.5 Å². The van der Waals surface area contributed by atoms with Crippen LogP contribution in [0, 0.1) is 0 Å². The summed E-state index contributed by atoms with van der Waals surface area (Å²) < 4.78 is 20.5. The van der Waals surface area contributed by atoms with E-state index in [4.69, 9.17) is 14.2 Å². The molecule has 2 aromatic heterocycles. The van der Waals surface area contributed by atoms with Crippen molar-refractivity contribution in [2.45, 2.75) is 37.4 Å². The van der Waals surface area contributed by atoms with Crippen molar-refractivity contribution in [3.05, 3.63) is 53.6 Å². The molecule has 1 saturated heterocycles. The molecule has 0 spiro atoms. The number of hydrogen-bond acceptors (Lipinski definition) is 7. The fourth-order valence-electron chi connectivity index (χ4n) is 7.19. The number of amides is 2. The van der Waals surface area contributed by atoms with Crippen LogP contribution in [0.5, 0.6) is 0 Å². The number of carbonyl (C=O) groups excluding carboxylic acids is 3. The van der Waals surface area contributed by atoms with E-state index in [1.54, 1.807) is 19.1 Å². The number of nitrogens with one attached hydrogen (secondary N) is 2. The molecule has 11 heteroatoms. The van der Waals surface area contributed by atoms with Gasteiger partial charge in [-0.1, -0.05) is 18.2 Å². The monoisotopic (exact) mass is 540 g/mol. The molecule has 5 aromatic rings. The van der Waals surface area contributed by atoms with Gasteiger partial charge in [0.1, 0.15) is 6.23 Å². The Hall–Kier alpha value is -4.61. The third-order valence-corrected chi connectivity index (χ3v) is 8.88. The first kappa shape index (κ1) is 23.3. The van der Waals surface area contributed by atoms with E-state index in [9.17, 15) is 19.5 Å². The van der Waals surface area contributed by atoms with E-state index in [-0.39, 0.29) is 12.3 Å². The van der Waals surface area contributed by atoms with Gasteiger partial charge in [0.05, 0.1) is 41.8 Å². The molecule has 1 fully saturated rings. The van der Waals surface area contributed by atoms with E-state index in [0.29, 0.717) is 23.3 Å². The second-order valence-electron chi connectivity index (χ2n) is 10.7. The zero-order chi connectivity index (χ0) is 27.7. The second kappa shape index (κ2) is 7.32. The molecule has 40 heavy (non-hydrogen) atoms. The Kier molecular flexibility index (Phi) is 4.26. The first-order chi connectivity index (χ1) is 19.2. The van der Waals surface area contributed by atoms with Crippen LogP contribution in [0.3, 0.4) is 0 Å². The third-order valence-electron chi connectivity index (χ3n) is 8.88. The van der Waals surface area contributed by atoms with E-state index in [1.165, 1.54) is 14.2 Å². The molecular formula is C29H24N4O7. The number of esters is 1. The summed E-state index contributed by atoms with van der Waals surface area (Å²) in [5.74, 6) is -0.970. The summed E-state index contributed by atoms with van der Waals surface area (Å²) in [6.45, 7) is 2.00. The molecule has 3 atom stereocenters. The molecule has 202 valence electrons. The summed E-state index contributed by atoms with van der Waals surface area (Å²) in [6.07, 6.45) is -1.41. The SMILES string of the molecule is COC(=O)Nc1ccc2c(c1)c1c3c(c4c5ccccc5n5c4c1n2C1(C)OC5CC1(O)C(=O)OC)C(=O)NC3. The van der Waals surface area contributed by atoms with Crippen LogP contribution in [0.15, 0.2) is 42.5 Å². The molecule has 3 N–H and O–H groups in total. The highest BCUT2D eigenvalue weighted by molar-refractivity contribution is 6.31. The normalized spacial score (nSPS) is 24.6. The summed E-state index contributed by atoms with van der Waals surface area (Å²) >= 11 is 0. The summed E-state index contributed by atoms with van der Waals surface area (Å²) in [7, 11) is 2.53. The largest absolute Gasteiger partial charge is 0.467 e. The van der Waals surface area contributed by atoms with Crippen molar-refractivity contribution in [2.75, 3.05) is 19.5 Å². The van der Waals surface area contributed by atoms with Crippen molar-refractivity contribution < 1.29 is 33.7 Å². The predicted molar refractivity (Wildman–Crippen MR) is 145 cm³/mol. The molecule has 5 heterocycles. The summed E-state index contributed by atoms with van der Waals surface area (Å²) in [5, 5.41) is 21.0. The van der Waals surface area contributed by atoms with E-state index in [0.717, 1.165) is 43.7 Å². The number of anilines is 1. The number of para-hydroxylation sites is 1. The highest BCUT2D eigenvalue weighted by atomic mass is 16.6. The number of rotatable bonds is 2. The lowest BCUT2D eigenvalue weighted by atomic mass is 9.88. The van der Waals surface area contributed by atoms with Gasteiger partial charge >= 0.3 is 12.1 Å². The Balaban J connectivity index is 1.65. The third kappa shape index (κ3) is 2.46. The fraction of sp³-hybridized carbons (Fsp3) is 0.276. The van der Waals surface area contributed by atoms with Gasteiger partial charge in [-0.3, -0.25) is 10.1 Å². The van der Waals surface area contributed by atoms with Crippen LogP contribution >= 0.6 is 0 Å². The van der Waals surface area contributed by atoms with Gasteiger partial charge in [-0.15, -0.1) is 0 Å². The van der Waals surface area contributed by atoms with Gasteiger partial charge in [-0.25, -0.2) is 9.59 Å². The molecule has 3 aliphatic rings. The number of fused-ring (bicyclic) bond motifs is 13. The van der Waals surface area contributed by atoms with Crippen molar-refractivity contribution >= 4 is 67.3 Å². The average molecular weight is 541 g/mol. The van der Waals surface area contributed by atoms with Crippen molar-refractivity contribution in [1.82, 2.24) is 14.5 Å². The Labute approximate surface area is 226 Å². The maximum atomic E-state index is 13.4. The van der Waals surface area contributed by atoms with Crippen LogP contribution in [0.4, 0.5) is 10.5 Å². The zero-order valence-electron chi connectivity index (χ0n) is 21.8. The van der Waals surface area contributed by atoms with Gasteiger partial charge in [-0.05, 0) is 36.8 Å². The summed E-state index contributed by atoms with van der Waals surface area (Å²) in [4.78, 5) is 38.7. The van der Waals surface area contributed by atoms with Crippen molar-refractivity contribution in [3.63, 3.8) is 0 Å². The van der Waals surface area contributed by atoms with Crippen molar-refractivity contribution in [1.29, 1.82) is 0 Å². The Morgan fingerprint density at radius 2 is 1.88 bits per heavy atom. The molecule has 3 aromatic carbocycles. The Morgan fingerprint density at radius 3 is 2.65 bits per heavy atom. The minimum Gasteiger partial charge on any atom is -0.467 e. The van der Waals surface area contributed by atoms with Crippen LogP contribution in [0.1, 0.15) is 35.5 Å². The van der Waals surface area contributed by atoms with Gasteiger partial charge in [0, 0.05) is 40.2 Å². The molecule has 11 nitrogen and oxygen atoms in total. The number of aliphatic hydroxyl groups is 1. The van der Waals surface area contributed by atoms with E-state index < -0.39 is 29.6 Å². The topological polar surface area (TPSA) is 133 Å². The number of carbonyl (C=O) groups is 3. The van der Waals surface area contributed by atoms with Crippen LogP contribution < -0.4 is 10.6 Å². The maximum absolute atomic E-state index is 13.4. The smallest absolute Gasteiger partial charge is 0.411 e. The summed E-state index contributed by atoms with van der Waals surface area (Å²) in [6, 6.07) is 13.1. The van der Waals surface area contributed by atoms with Crippen molar-refractivity contribution in [2.24, 2.45) is 0 Å². The van der Waals surface area contributed by atoms with Gasteiger partial charge in [0.15, 0.2) is 5.72 Å². The quantitative estimate of drug-likeness (QED) is 0.290. The second-order valence-corrected chi connectivity index (χ2v) is 10.7. The Bertz CT molecular complexity index is 2020. The van der Waals surface area contributed by atoms with Gasteiger partial charge in [-0.2, -0.15) is 0 Å². The molecule has 0 radical (unpaired) electrons. The first-order valence-electron chi connectivity index (χ1n) is 12.9. The molecule has 2 bridgehead atoms. The lowest BCUT2D eigenvalue weighted by Gasteiger charge is -2.37. The molecule has 0 saturated carbocycles. The van der Waals surface area contributed by atoms with Gasteiger partial charge in [0.25, 0.3) is 5.91 Å². The zero-order valence-corrected chi connectivity index (χ0v) is 21.8. The number of benzene rings is 3. The van der Waals surface area contributed by atoms with Crippen LogP contribution in [-0.4, -0.2) is 52.0 Å². The lowest BCUT2D eigenvalue weighted by molar-refractivity contribution is -0.202. The highest BCUT2D eigenvalue weighted by Crippen LogP contribution is 2.57.